The fraction of sp³-hybridized carbons (Fsp3) is 0.500. The molecule has 3 rings (SSSR count). The zero-order valence-corrected chi connectivity index (χ0v) is 13.5. The molecular weight excluding hydrogens is 282 g/mol. The van der Waals surface area contributed by atoms with Crippen molar-refractivity contribution in [2.45, 2.75) is 46.1 Å². The fourth-order valence-electron chi connectivity index (χ4n) is 2.88. The lowest BCUT2D eigenvalue weighted by Gasteiger charge is -2.19. The van der Waals surface area contributed by atoms with E-state index >= 15 is 0 Å². The molecule has 0 saturated heterocycles. The Morgan fingerprint density at radius 2 is 2.33 bits per heavy atom. The van der Waals surface area contributed by atoms with Gasteiger partial charge in [0, 0.05) is 22.4 Å². The molecule has 1 unspecified atom stereocenters. The molecule has 2 aromatic heterocycles. The molecule has 0 fully saturated rings. The lowest BCUT2D eigenvalue weighted by atomic mass is 9.88. The van der Waals surface area contributed by atoms with Gasteiger partial charge in [-0.25, -0.2) is 4.68 Å². The van der Waals surface area contributed by atoms with Crippen LogP contribution in [0.4, 0.5) is 5.82 Å². The van der Waals surface area contributed by atoms with Crippen LogP contribution < -0.4 is 5.32 Å². The van der Waals surface area contributed by atoms with E-state index in [0.717, 1.165) is 30.1 Å². The molecule has 1 atom stereocenters. The molecule has 1 aliphatic rings. The van der Waals surface area contributed by atoms with Crippen molar-refractivity contribution in [1.29, 1.82) is 0 Å². The Bertz CT molecular complexity index is 656. The Morgan fingerprint density at radius 3 is 3.10 bits per heavy atom. The molecule has 0 bridgehead atoms. The molecule has 2 aromatic rings. The Morgan fingerprint density at radius 1 is 1.52 bits per heavy atom. The summed E-state index contributed by atoms with van der Waals surface area (Å²) in [7, 11) is 0. The lowest BCUT2D eigenvalue weighted by molar-refractivity contribution is 0.102. The van der Waals surface area contributed by atoms with Crippen LogP contribution >= 0.6 is 11.3 Å². The first-order valence-electron chi connectivity index (χ1n) is 7.50. The highest BCUT2D eigenvalue weighted by atomic mass is 32.1. The molecule has 0 radical (unpaired) electrons. The Hall–Kier alpha value is -1.62. The van der Waals surface area contributed by atoms with E-state index in [1.165, 1.54) is 16.9 Å². The van der Waals surface area contributed by atoms with Gasteiger partial charge in [0.15, 0.2) is 0 Å². The summed E-state index contributed by atoms with van der Waals surface area (Å²) < 4.78 is 1.83. The number of hydrogen-bond donors (Lipinski definition) is 1. The van der Waals surface area contributed by atoms with E-state index in [4.69, 9.17) is 0 Å². The van der Waals surface area contributed by atoms with E-state index in [2.05, 4.69) is 31.2 Å². The Labute approximate surface area is 129 Å². The number of thiophene rings is 1. The third-order valence-corrected chi connectivity index (χ3v) is 5.10. The minimum absolute atomic E-state index is 0.00977. The van der Waals surface area contributed by atoms with Gasteiger partial charge in [-0.1, -0.05) is 6.92 Å². The number of amides is 1. The van der Waals surface area contributed by atoms with Crippen LogP contribution in [0.15, 0.2) is 17.6 Å². The van der Waals surface area contributed by atoms with Crippen LogP contribution in [0.1, 0.15) is 54.0 Å². The number of aromatic nitrogens is 2. The number of nitrogens with one attached hydrogen (secondary N) is 1. The van der Waals surface area contributed by atoms with Gasteiger partial charge in [0.05, 0.1) is 11.8 Å². The first-order chi connectivity index (χ1) is 10.1. The summed E-state index contributed by atoms with van der Waals surface area (Å²) in [4.78, 5) is 13.9. The monoisotopic (exact) mass is 303 g/mol. The van der Waals surface area contributed by atoms with Crippen LogP contribution in [0.2, 0.25) is 0 Å². The predicted molar refractivity (Wildman–Crippen MR) is 86.1 cm³/mol. The van der Waals surface area contributed by atoms with Crippen molar-refractivity contribution in [2.24, 2.45) is 5.92 Å². The first kappa shape index (κ1) is 14.3. The van der Waals surface area contributed by atoms with E-state index in [1.54, 1.807) is 17.5 Å². The second kappa shape index (κ2) is 5.64. The summed E-state index contributed by atoms with van der Waals surface area (Å²) in [5, 5.41) is 9.26. The Balaban J connectivity index is 1.82. The predicted octanol–water partition coefficient (Wildman–Crippen LogP) is 3.90. The molecule has 0 aromatic carbocycles. The van der Waals surface area contributed by atoms with Gasteiger partial charge in [-0.2, -0.15) is 5.10 Å². The van der Waals surface area contributed by atoms with Crippen molar-refractivity contribution in [3.8, 4) is 0 Å². The smallest absolute Gasteiger partial charge is 0.257 e. The number of rotatable bonds is 3. The lowest BCUT2D eigenvalue weighted by Crippen LogP contribution is -2.19. The second-order valence-electron chi connectivity index (χ2n) is 6.11. The summed E-state index contributed by atoms with van der Waals surface area (Å²) in [6.07, 6.45) is 5.03. The maximum Gasteiger partial charge on any atom is 0.257 e. The summed E-state index contributed by atoms with van der Waals surface area (Å²) in [6, 6.07) is 2.08. The minimum atomic E-state index is -0.00977. The Kier molecular flexibility index (Phi) is 3.85. The average molecular weight is 303 g/mol. The quantitative estimate of drug-likeness (QED) is 0.934. The van der Waals surface area contributed by atoms with Crippen LogP contribution in [0.25, 0.3) is 0 Å². The van der Waals surface area contributed by atoms with Crippen LogP contribution in [0, 0.1) is 5.92 Å². The third kappa shape index (κ3) is 2.75. The standard InChI is InChI=1S/C16H21N3OS/c1-10(2)19-15(6-7-17-19)18-16(20)13-9-21-14-8-11(3)4-5-12(13)14/h6-7,9-11H,4-5,8H2,1-3H3,(H,18,20). The number of anilines is 1. The first-order valence-corrected chi connectivity index (χ1v) is 8.38. The number of carbonyl (C=O) groups is 1. The number of nitrogens with zero attached hydrogens (tertiary/aromatic N) is 2. The highest BCUT2D eigenvalue weighted by Crippen LogP contribution is 2.33. The zero-order chi connectivity index (χ0) is 15.0. The summed E-state index contributed by atoms with van der Waals surface area (Å²) in [5.41, 5.74) is 2.10. The van der Waals surface area contributed by atoms with Gasteiger partial charge in [0.25, 0.3) is 5.91 Å². The van der Waals surface area contributed by atoms with Gasteiger partial charge < -0.3 is 5.32 Å². The fourth-order valence-corrected chi connectivity index (χ4v) is 4.12. The van der Waals surface area contributed by atoms with Gasteiger partial charge in [0.2, 0.25) is 0 Å². The van der Waals surface area contributed by atoms with Gasteiger partial charge in [-0.05, 0) is 44.6 Å². The third-order valence-electron chi connectivity index (χ3n) is 4.05. The second-order valence-corrected chi connectivity index (χ2v) is 7.07. The van der Waals surface area contributed by atoms with Crippen molar-refractivity contribution in [1.82, 2.24) is 9.78 Å². The highest BCUT2D eigenvalue weighted by Gasteiger charge is 2.23. The van der Waals surface area contributed by atoms with Crippen molar-refractivity contribution >= 4 is 23.1 Å². The van der Waals surface area contributed by atoms with Gasteiger partial charge in [0.1, 0.15) is 5.82 Å². The molecule has 5 heteroatoms. The molecular formula is C16H21N3OS. The van der Waals surface area contributed by atoms with Crippen molar-refractivity contribution in [3.05, 3.63) is 33.6 Å². The average Bonchev–Trinajstić information content (AvgIpc) is 3.04. The normalized spacial score (nSPS) is 17.8. The van der Waals surface area contributed by atoms with E-state index in [1.807, 2.05) is 16.1 Å². The molecule has 112 valence electrons. The maximum atomic E-state index is 12.6. The summed E-state index contributed by atoms with van der Waals surface area (Å²) in [6.45, 7) is 6.39. The molecule has 2 heterocycles. The van der Waals surface area contributed by atoms with E-state index in [-0.39, 0.29) is 11.9 Å². The van der Waals surface area contributed by atoms with Crippen LogP contribution in [-0.2, 0) is 12.8 Å². The molecule has 0 aliphatic heterocycles. The van der Waals surface area contributed by atoms with E-state index in [9.17, 15) is 4.79 Å². The number of fused-ring (bicyclic) bond motifs is 1. The highest BCUT2D eigenvalue weighted by molar-refractivity contribution is 7.10. The molecule has 1 amide bonds. The van der Waals surface area contributed by atoms with Gasteiger partial charge in [-0.15, -0.1) is 11.3 Å². The van der Waals surface area contributed by atoms with Crippen LogP contribution in [0.3, 0.4) is 0 Å². The zero-order valence-electron chi connectivity index (χ0n) is 12.7. The van der Waals surface area contributed by atoms with Gasteiger partial charge >= 0.3 is 0 Å². The maximum absolute atomic E-state index is 12.6. The molecule has 1 N–H and O–H groups in total. The topological polar surface area (TPSA) is 46.9 Å². The van der Waals surface area contributed by atoms with Gasteiger partial charge in [-0.3, -0.25) is 4.79 Å². The molecule has 0 spiro atoms. The summed E-state index contributed by atoms with van der Waals surface area (Å²) in [5.74, 6) is 1.48. The van der Waals surface area contributed by atoms with Crippen molar-refractivity contribution < 1.29 is 4.79 Å². The van der Waals surface area contributed by atoms with E-state index in [0.29, 0.717) is 0 Å². The SMILES string of the molecule is CC1CCc2c(C(=O)Nc3ccnn3C(C)C)csc2C1. The molecule has 1 aliphatic carbocycles. The van der Waals surface area contributed by atoms with Crippen molar-refractivity contribution in [2.75, 3.05) is 5.32 Å². The number of carbonyl (C=O) groups excluding carboxylic acids is 1. The van der Waals surface area contributed by atoms with Crippen LogP contribution in [0.5, 0.6) is 0 Å². The molecule has 4 nitrogen and oxygen atoms in total. The summed E-state index contributed by atoms with van der Waals surface area (Å²) >= 11 is 1.72. The van der Waals surface area contributed by atoms with E-state index < -0.39 is 0 Å². The minimum Gasteiger partial charge on any atom is -0.307 e. The molecule has 21 heavy (non-hydrogen) atoms. The van der Waals surface area contributed by atoms with Crippen molar-refractivity contribution in [3.63, 3.8) is 0 Å². The number of hydrogen-bond acceptors (Lipinski definition) is 3. The molecule has 0 saturated carbocycles. The largest absolute Gasteiger partial charge is 0.307 e. The van der Waals surface area contributed by atoms with Crippen LogP contribution in [-0.4, -0.2) is 15.7 Å².